The van der Waals surface area contributed by atoms with Crippen LogP contribution in [0.5, 0.6) is 0 Å². The molecule has 2 amide bonds. The Hall–Kier alpha value is -4.00. The highest BCUT2D eigenvalue weighted by atomic mass is 16.2. The third-order valence-corrected chi connectivity index (χ3v) is 5.08. The van der Waals surface area contributed by atoms with Gasteiger partial charge >= 0.3 is 0 Å². The molecule has 31 heavy (non-hydrogen) atoms. The van der Waals surface area contributed by atoms with E-state index in [-0.39, 0.29) is 18.2 Å². The number of hydrogen-bond acceptors (Lipinski definition) is 4. The van der Waals surface area contributed by atoms with E-state index in [0.29, 0.717) is 11.3 Å². The summed E-state index contributed by atoms with van der Waals surface area (Å²) in [5.41, 5.74) is 6.46. The smallest absolute Gasteiger partial charge is 0.271 e. The molecule has 7 heteroatoms. The fraction of sp³-hybridized carbons (Fsp3) is 0.167. The van der Waals surface area contributed by atoms with Crippen molar-refractivity contribution in [3.05, 3.63) is 72.6 Å². The lowest BCUT2D eigenvalue weighted by Gasteiger charge is -2.07. The number of hydrazone groups is 1. The summed E-state index contributed by atoms with van der Waals surface area (Å²) in [6.45, 7) is 4.69. The fourth-order valence-electron chi connectivity index (χ4n) is 3.66. The van der Waals surface area contributed by atoms with Crippen molar-refractivity contribution >= 4 is 45.0 Å². The number of carbonyl (C=O) groups excluding carboxylic acids is 2. The van der Waals surface area contributed by atoms with Crippen molar-refractivity contribution in [3.8, 4) is 0 Å². The normalized spacial score (nSPS) is 11.6. The van der Waals surface area contributed by atoms with Crippen LogP contribution in [0.1, 0.15) is 30.6 Å². The molecule has 0 aliphatic heterocycles. The average molecular weight is 413 g/mol. The van der Waals surface area contributed by atoms with E-state index in [2.05, 4.69) is 44.5 Å². The highest BCUT2D eigenvalue weighted by Gasteiger charge is 2.11. The van der Waals surface area contributed by atoms with Gasteiger partial charge in [-0.25, -0.2) is 5.43 Å². The number of aryl methyl sites for hydroxylation is 1. The summed E-state index contributed by atoms with van der Waals surface area (Å²) in [4.78, 5) is 28.4. The second-order valence-corrected chi connectivity index (χ2v) is 7.24. The molecule has 4 rings (SSSR count). The second-order valence-electron chi connectivity index (χ2n) is 7.24. The summed E-state index contributed by atoms with van der Waals surface area (Å²) in [7, 11) is 0. The number of aromatic nitrogens is 2. The first-order valence-electron chi connectivity index (χ1n) is 10.1. The first kappa shape index (κ1) is 20.3. The third-order valence-electron chi connectivity index (χ3n) is 5.08. The van der Waals surface area contributed by atoms with Crippen LogP contribution in [0.15, 0.2) is 72.1 Å². The summed E-state index contributed by atoms with van der Waals surface area (Å²) in [5.74, 6) is -0.544. The molecule has 0 aliphatic carbocycles. The molecule has 2 heterocycles. The molecule has 0 radical (unpaired) electrons. The number of carbonyl (C=O) groups is 2. The molecule has 0 saturated carbocycles. The molecule has 0 atom stereocenters. The topological polar surface area (TPSA) is 88.4 Å². The monoisotopic (exact) mass is 413 g/mol. The number of nitrogens with one attached hydrogen (secondary N) is 2. The van der Waals surface area contributed by atoms with Crippen molar-refractivity contribution in [3.63, 3.8) is 0 Å². The van der Waals surface area contributed by atoms with Crippen molar-refractivity contribution < 1.29 is 9.59 Å². The maximum Gasteiger partial charge on any atom is 0.271 e. The van der Waals surface area contributed by atoms with Gasteiger partial charge in [0.2, 0.25) is 5.91 Å². The zero-order chi connectivity index (χ0) is 21.8. The molecule has 2 aromatic carbocycles. The van der Waals surface area contributed by atoms with Gasteiger partial charge in [0.05, 0.1) is 6.42 Å². The van der Waals surface area contributed by atoms with Gasteiger partial charge in [0.1, 0.15) is 0 Å². The molecule has 4 aromatic rings. The van der Waals surface area contributed by atoms with E-state index in [0.717, 1.165) is 28.5 Å². The van der Waals surface area contributed by atoms with Crippen LogP contribution in [0.2, 0.25) is 0 Å². The molecule has 2 aromatic heterocycles. The van der Waals surface area contributed by atoms with E-state index in [1.165, 1.54) is 17.9 Å². The SMILES string of the molecule is CCn1c2ccccc2c2cc(NC(=O)C/C(C)=N/NC(=O)c3ccncc3)ccc21. The van der Waals surface area contributed by atoms with E-state index in [4.69, 9.17) is 0 Å². The number of hydrogen-bond donors (Lipinski definition) is 2. The first-order chi connectivity index (χ1) is 15.1. The molecule has 0 unspecified atom stereocenters. The Labute approximate surface area is 179 Å². The minimum atomic E-state index is -0.347. The molecule has 0 saturated heterocycles. The predicted molar refractivity (Wildman–Crippen MR) is 123 cm³/mol. The summed E-state index contributed by atoms with van der Waals surface area (Å²) >= 11 is 0. The van der Waals surface area contributed by atoms with Crippen LogP contribution in [-0.2, 0) is 11.3 Å². The number of para-hydroxylation sites is 1. The van der Waals surface area contributed by atoms with Crippen molar-refractivity contribution in [1.29, 1.82) is 0 Å². The highest BCUT2D eigenvalue weighted by molar-refractivity contribution is 6.11. The van der Waals surface area contributed by atoms with E-state index in [9.17, 15) is 9.59 Å². The maximum atomic E-state index is 12.5. The summed E-state index contributed by atoms with van der Waals surface area (Å²) in [6.07, 6.45) is 3.15. The van der Waals surface area contributed by atoms with Crippen LogP contribution in [0, 0.1) is 0 Å². The quantitative estimate of drug-likeness (QED) is 0.364. The summed E-state index contributed by atoms with van der Waals surface area (Å²) in [6, 6.07) is 17.4. The lowest BCUT2D eigenvalue weighted by Crippen LogP contribution is -2.21. The lowest BCUT2D eigenvalue weighted by molar-refractivity contribution is -0.115. The lowest BCUT2D eigenvalue weighted by atomic mass is 10.1. The number of fused-ring (bicyclic) bond motifs is 3. The molecule has 7 nitrogen and oxygen atoms in total. The Morgan fingerprint density at radius 2 is 1.74 bits per heavy atom. The fourth-order valence-corrected chi connectivity index (χ4v) is 3.66. The van der Waals surface area contributed by atoms with Gasteiger partial charge in [-0.15, -0.1) is 0 Å². The third kappa shape index (κ3) is 4.30. The predicted octanol–water partition coefficient (Wildman–Crippen LogP) is 4.34. The first-order valence-corrected chi connectivity index (χ1v) is 10.1. The minimum Gasteiger partial charge on any atom is -0.341 e. The van der Waals surface area contributed by atoms with E-state index in [1.807, 2.05) is 30.3 Å². The molecule has 0 bridgehead atoms. The average Bonchev–Trinajstić information content (AvgIpc) is 3.11. The molecule has 156 valence electrons. The van der Waals surface area contributed by atoms with Crippen LogP contribution < -0.4 is 10.7 Å². The Balaban J connectivity index is 1.46. The van der Waals surface area contributed by atoms with Gasteiger partial charge in [-0.3, -0.25) is 14.6 Å². The second kappa shape index (κ2) is 8.79. The molecule has 0 aliphatic rings. The molecular weight excluding hydrogens is 390 g/mol. The molecule has 0 spiro atoms. The number of pyridine rings is 1. The van der Waals surface area contributed by atoms with Crippen molar-refractivity contribution in [2.24, 2.45) is 5.10 Å². The van der Waals surface area contributed by atoms with E-state index >= 15 is 0 Å². The van der Waals surface area contributed by atoms with Crippen LogP contribution in [0.3, 0.4) is 0 Å². The number of rotatable bonds is 6. The van der Waals surface area contributed by atoms with Crippen molar-refractivity contribution in [2.45, 2.75) is 26.8 Å². The Morgan fingerprint density at radius 3 is 2.52 bits per heavy atom. The minimum absolute atomic E-state index is 0.0748. The van der Waals surface area contributed by atoms with Crippen LogP contribution >= 0.6 is 0 Å². The number of anilines is 1. The van der Waals surface area contributed by atoms with E-state index in [1.54, 1.807) is 19.1 Å². The zero-order valence-corrected chi connectivity index (χ0v) is 17.4. The number of benzene rings is 2. The van der Waals surface area contributed by atoms with E-state index < -0.39 is 0 Å². The number of amides is 2. The zero-order valence-electron chi connectivity index (χ0n) is 17.4. The highest BCUT2D eigenvalue weighted by Crippen LogP contribution is 2.30. The largest absolute Gasteiger partial charge is 0.341 e. The van der Waals surface area contributed by atoms with Gasteiger partial charge < -0.3 is 9.88 Å². The van der Waals surface area contributed by atoms with Crippen LogP contribution in [0.25, 0.3) is 21.8 Å². The standard InChI is InChI=1S/C24H23N5O2/c1-3-29-21-7-5-4-6-19(21)20-15-18(8-9-22(20)29)26-23(30)14-16(2)27-28-24(31)17-10-12-25-13-11-17/h4-13,15H,3,14H2,1-2H3,(H,26,30)(H,28,31)/b27-16+. The van der Waals surface area contributed by atoms with Crippen LogP contribution in [-0.4, -0.2) is 27.1 Å². The summed E-state index contributed by atoms with van der Waals surface area (Å²) in [5, 5.41) is 9.21. The maximum absolute atomic E-state index is 12.5. The summed E-state index contributed by atoms with van der Waals surface area (Å²) < 4.78 is 2.26. The van der Waals surface area contributed by atoms with Crippen molar-refractivity contribution in [1.82, 2.24) is 15.0 Å². The van der Waals surface area contributed by atoms with Gasteiger partial charge in [-0.2, -0.15) is 5.10 Å². The Morgan fingerprint density at radius 1 is 1.00 bits per heavy atom. The van der Waals surface area contributed by atoms with Gasteiger partial charge in [0.15, 0.2) is 0 Å². The van der Waals surface area contributed by atoms with Gasteiger partial charge in [-0.1, -0.05) is 18.2 Å². The Bertz CT molecular complexity index is 1290. The number of nitrogens with zero attached hydrogens (tertiary/aromatic N) is 3. The molecular formula is C24H23N5O2. The van der Waals surface area contributed by atoms with Gasteiger partial charge in [0, 0.05) is 57.7 Å². The Kier molecular flexibility index (Phi) is 5.75. The molecule has 0 fully saturated rings. The van der Waals surface area contributed by atoms with Crippen molar-refractivity contribution in [2.75, 3.05) is 5.32 Å². The van der Waals surface area contributed by atoms with Crippen LogP contribution in [0.4, 0.5) is 5.69 Å². The van der Waals surface area contributed by atoms with Gasteiger partial charge in [-0.05, 0) is 50.2 Å². The van der Waals surface area contributed by atoms with Gasteiger partial charge in [0.25, 0.3) is 5.91 Å². The molecule has 2 N–H and O–H groups in total.